The second kappa shape index (κ2) is 5.13. The van der Waals surface area contributed by atoms with Crippen molar-refractivity contribution in [1.82, 2.24) is 4.31 Å². The molecule has 0 bridgehead atoms. The molecular weight excluding hydrogens is 286 g/mol. The number of carboxylic acids is 1. The van der Waals surface area contributed by atoms with E-state index in [1.165, 1.54) is 25.1 Å². The van der Waals surface area contributed by atoms with Crippen LogP contribution in [0.15, 0.2) is 23.1 Å². The molecule has 2 rings (SSSR count). The lowest BCUT2D eigenvalue weighted by Gasteiger charge is -2.17. The predicted molar refractivity (Wildman–Crippen MR) is 68.9 cm³/mol. The van der Waals surface area contributed by atoms with Crippen molar-refractivity contribution in [3.63, 3.8) is 0 Å². The van der Waals surface area contributed by atoms with E-state index < -0.39 is 28.2 Å². The van der Waals surface area contributed by atoms with Crippen LogP contribution in [0.5, 0.6) is 0 Å². The SMILES string of the molecule is Cc1c(C(=O)O)cccc1S(=O)(=O)N1CC(O)C(O)C1. The van der Waals surface area contributed by atoms with Gasteiger partial charge in [-0.1, -0.05) is 6.07 Å². The molecule has 0 saturated carbocycles. The van der Waals surface area contributed by atoms with Crippen molar-refractivity contribution in [3.8, 4) is 0 Å². The number of hydrogen-bond donors (Lipinski definition) is 3. The summed E-state index contributed by atoms with van der Waals surface area (Å²) in [7, 11) is -3.94. The molecule has 0 amide bonds. The van der Waals surface area contributed by atoms with Gasteiger partial charge in [0.05, 0.1) is 22.7 Å². The summed E-state index contributed by atoms with van der Waals surface area (Å²) >= 11 is 0. The highest BCUT2D eigenvalue weighted by molar-refractivity contribution is 7.89. The van der Waals surface area contributed by atoms with E-state index >= 15 is 0 Å². The van der Waals surface area contributed by atoms with Crippen molar-refractivity contribution < 1.29 is 28.5 Å². The molecule has 1 heterocycles. The van der Waals surface area contributed by atoms with Crippen molar-refractivity contribution in [3.05, 3.63) is 29.3 Å². The summed E-state index contributed by atoms with van der Waals surface area (Å²) in [6, 6.07) is 3.99. The summed E-state index contributed by atoms with van der Waals surface area (Å²) in [6.07, 6.45) is -2.26. The van der Waals surface area contributed by atoms with Gasteiger partial charge in [0.1, 0.15) is 0 Å². The maximum Gasteiger partial charge on any atom is 0.335 e. The van der Waals surface area contributed by atoms with Crippen molar-refractivity contribution in [1.29, 1.82) is 0 Å². The zero-order chi connectivity index (χ0) is 15.1. The number of aromatic carboxylic acids is 1. The topological polar surface area (TPSA) is 115 Å². The summed E-state index contributed by atoms with van der Waals surface area (Å²) in [5.74, 6) is -1.21. The molecule has 2 unspecified atom stereocenters. The minimum atomic E-state index is -3.94. The second-order valence-corrected chi connectivity index (χ2v) is 6.60. The van der Waals surface area contributed by atoms with Gasteiger partial charge >= 0.3 is 5.97 Å². The number of benzene rings is 1. The van der Waals surface area contributed by atoms with E-state index in [0.29, 0.717) is 0 Å². The maximum atomic E-state index is 12.4. The molecule has 8 heteroatoms. The molecule has 0 radical (unpaired) electrons. The van der Waals surface area contributed by atoms with Gasteiger partial charge in [-0.25, -0.2) is 13.2 Å². The number of hydrogen-bond acceptors (Lipinski definition) is 5. The third kappa shape index (κ3) is 2.42. The Kier molecular flexibility index (Phi) is 3.83. The molecule has 3 N–H and O–H groups in total. The lowest BCUT2D eigenvalue weighted by atomic mass is 10.1. The van der Waals surface area contributed by atoms with E-state index in [4.69, 9.17) is 5.11 Å². The van der Waals surface area contributed by atoms with Gasteiger partial charge in [0.25, 0.3) is 0 Å². The number of carboxylic acid groups (broad SMARTS) is 1. The molecular formula is C12H15NO6S. The van der Waals surface area contributed by atoms with E-state index in [-0.39, 0.29) is 29.1 Å². The van der Waals surface area contributed by atoms with Crippen LogP contribution < -0.4 is 0 Å². The first-order chi connectivity index (χ1) is 9.25. The lowest BCUT2D eigenvalue weighted by Crippen LogP contribution is -2.30. The Morgan fingerprint density at radius 2 is 1.80 bits per heavy atom. The van der Waals surface area contributed by atoms with Crippen LogP contribution in [0.25, 0.3) is 0 Å². The molecule has 1 saturated heterocycles. The van der Waals surface area contributed by atoms with E-state index in [1.807, 2.05) is 0 Å². The first kappa shape index (κ1) is 14.9. The van der Waals surface area contributed by atoms with Crippen molar-refractivity contribution in [2.75, 3.05) is 13.1 Å². The number of rotatable bonds is 3. The molecule has 1 aromatic rings. The highest BCUT2D eigenvalue weighted by atomic mass is 32.2. The summed E-state index contributed by atoms with van der Waals surface area (Å²) < 4.78 is 25.8. The standard InChI is InChI=1S/C12H15NO6S/c1-7-8(12(16)17)3-2-4-11(7)20(18,19)13-5-9(14)10(15)6-13/h2-4,9-10,14-15H,5-6H2,1H3,(H,16,17). The number of β-amino-alcohol motifs (C(OH)–C–C–N with tert-alkyl or cyclic N) is 2. The van der Waals surface area contributed by atoms with Gasteiger partial charge in [-0.2, -0.15) is 4.31 Å². The number of aliphatic hydroxyl groups excluding tert-OH is 2. The van der Waals surface area contributed by atoms with Crippen LogP contribution in [0.1, 0.15) is 15.9 Å². The van der Waals surface area contributed by atoms with Gasteiger partial charge in [0, 0.05) is 13.1 Å². The summed E-state index contributed by atoms with van der Waals surface area (Å²) in [4.78, 5) is 10.9. The van der Waals surface area contributed by atoms with E-state index in [9.17, 15) is 23.4 Å². The summed E-state index contributed by atoms with van der Waals surface area (Å²) in [5.41, 5.74) is 0.0437. The van der Waals surface area contributed by atoms with Crippen LogP contribution in [0.4, 0.5) is 0 Å². The fourth-order valence-electron chi connectivity index (χ4n) is 2.20. The second-order valence-electron chi connectivity index (χ2n) is 4.69. The Hall–Kier alpha value is -1.48. The third-order valence-corrected chi connectivity index (χ3v) is 5.33. The summed E-state index contributed by atoms with van der Waals surface area (Å²) in [6.45, 7) is 1.000. The molecule has 0 aliphatic carbocycles. The number of carbonyl (C=O) groups is 1. The maximum absolute atomic E-state index is 12.4. The average Bonchev–Trinajstić information content (AvgIpc) is 2.70. The zero-order valence-electron chi connectivity index (χ0n) is 10.7. The van der Waals surface area contributed by atoms with Crippen LogP contribution in [0, 0.1) is 6.92 Å². The molecule has 7 nitrogen and oxygen atoms in total. The van der Waals surface area contributed by atoms with Crippen LogP contribution in [0.3, 0.4) is 0 Å². The van der Waals surface area contributed by atoms with Gasteiger partial charge in [-0.05, 0) is 24.6 Å². The van der Waals surface area contributed by atoms with Gasteiger partial charge in [-0.15, -0.1) is 0 Å². The zero-order valence-corrected chi connectivity index (χ0v) is 11.5. The minimum Gasteiger partial charge on any atom is -0.478 e. The van der Waals surface area contributed by atoms with E-state index in [1.54, 1.807) is 0 Å². The molecule has 0 spiro atoms. The van der Waals surface area contributed by atoms with Crippen LogP contribution >= 0.6 is 0 Å². The number of nitrogens with zero attached hydrogens (tertiary/aromatic N) is 1. The van der Waals surface area contributed by atoms with E-state index in [2.05, 4.69) is 0 Å². The lowest BCUT2D eigenvalue weighted by molar-refractivity contribution is 0.0572. The minimum absolute atomic E-state index is 0.0913. The fourth-order valence-corrected chi connectivity index (χ4v) is 3.92. The molecule has 1 aliphatic rings. The predicted octanol–water partition coefficient (Wildman–Crippen LogP) is -0.581. The monoisotopic (exact) mass is 301 g/mol. The summed E-state index contributed by atoms with van der Waals surface area (Å²) in [5, 5.41) is 27.9. The third-order valence-electron chi connectivity index (χ3n) is 3.36. The van der Waals surface area contributed by atoms with Crippen molar-refractivity contribution >= 4 is 16.0 Å². The Morgan fingerprint density at radius 1 is 1.25 bits per heavy atom. The quantitative estimate of drug-likeness (QED) is 0.688. The molecule has 20 heavy (non-hydrogen) atoms. The number of sulfonamides is 1. The highest BCUT2D eigenvalue weighted by Gasteiger charge is 2.38. The number of aliphatic hydroxyl groups is 2. The van der Waals surface area contributed by atoms with Crippen LogP contribution in [-0.4, -0.2) is 59.3 Å². The Balaban J connectivity index is 2.46. The highest BCUT2D eigenvalue weighted by Crippen LogP contribution is 2.25. The van der Waals surface area contributed by atoms with Crippen molar-refractivity contribution in [2.24, 2.45) is 0 Å². The van der Waals surface area contributed by atoms with Gasteiger partial charge in [0.15, 0.2) is 0 Å². The largest absolute Gasteiger partial charge is 0.478 e. The Bertz CT molecular complexity index is 631. The average molecular weight is 301 g/mol. The van der Waals surface area contributed by atoms with Gasteiger partial charge in [0.2, 0.25) is 10.0 Å². The first-order valence-corrected chi connectivity index (χ1v) is 7.38. The van der Waals surface area contributed by atoms with Crippen molar-refractivity contribution in [2.45, 2.75) is 24.0 Å². The van der Waals surface area contributed by atoms with Gasteiger partial charge in [-0.3, -0.25) is 0 Å². The Morgan fingerprint density at radius 3 is 2.30 bits per heavy atom. The normalized spacial score (nSPS) is 23.9. The van der Waals surface area contributed by atoms with Crippen LogP contribution in [0.2, 0.25) is 0 Å². The molecule has 1 aliphatic heterocycles. The molecule has 2 atom stereocenters. The molecule has 1 aromatic carbocycles. The van der Waals surface area contributed by atoms with E-state index in [0.717, 1.165) is 4.31 Å². The van der Waals surface area contributed by atoms with Gasteiger partial charge < -0.3 is 15.3 Å². The van der Waals surface area contributed by atoms with Crippen LogP contribution in [-0.2, 0) is 10.0 Å². The Labute approximate surface area is 116 Å². The molecule has 1 fully saturated rings. The smallest absolute Gasteiger partial charge is 0.335 e. The fraction of sp³-hybridized carbons (Fsp3) is 0.417. The molecule has 110 valence electrons. The molecule has 0 aromatic heterocycles. The first-order valence-electron chi connectivity index (χ1n) is 5.94.